The number of ether oxygens (including phenoxy) is 1. The van der Waals surface area contributed by atoms with E-state index in [0.717, 1.165) is 35.6 Å². The van der Waals surface area contributed by atoms with Crippen molar-refractivity contribution in [3.63, 3.8) is 0 Å². The summed E-state index contributed by atoms with van der Waals surface area (Å²) in [4.78, 5) is 23.9. The van der Waals surface area contributed by atoms with E-state index in [-0.39, 0.29) is 6.03 Å². The molecule has 0 bridgehead atoms. The summed E-state index contributed by atoms with van der Waals surface area (Å²) < 4.78 is 6.28. The molecule has 1 fully saturated rings. The summed E-state index contributed by atoms with van der Waals surface area (Å²) in [5.74, 6) is 1.09. The molecule has 10 heteroatoms. The number of rotatable bonds is 7. The lowest BCUT2D eigenvalue weighted by Gasteiger charge is -2.28. The number of halogens is 1. The third-order valence-electron chi connectivity index (χ3n) is 5.70. The quantitative estimate of drug-likeness (QED) is 0.190. The van der Waals surface area contributed by atoms with Gasteiger partial charge in [-0.3, -0.25) is 0 Å². The predicted octanol–water partition coefficient (Wildman–Crippen LogP) is 6.05. The molecular formula is C27H26IN7O2. The molecule has 4 aromatic rings. The summed E-state index contributed by atoms with van der Waals surface area (Å²) in [6.45, 7) is 3.30. The molecular weight excluding hydrogens is 581 g/mol. The van der Waals surface area contributed by atoms with E-state index in [4.69, 9.17) is 4.74 Å². The first-order valence-corrected chi connectivity index (χ1v) is 12.9. The van der Waals surface area contributed by atoms with Gasteiger partial charge in [-0.2, -0.15) is 4.98 Å². The maximum Gasteiger partial charge on any atom is 0.323 e. The Morgan fingerprint density at radius 1 is 0.811 bits per heavy atom. The Morgan fingerprint density at radius 3 is 2.27 bits per heavy atom. The van der Waals surface area contributed by atoms with Crippen molar-refractivity contribution in [1.82, 2.24) is 9.97 Å². The molecule has 0 atom stereocenters. The van der Waals surface area contributed by atoms with Crippen molar-refractivity contribution in [2.45, 2.75) is 0 Å². The third-order valence-corrected chi connectivity index (χ3v) is 6.49. The van der Waals surface area contributed by atoms with Crippen molar-refractivity contribution in [1.29, 1.82) is 0 Å². The second-order valence-corrected chi connectivity index (χ2v) is 9.44. The van der Waals surface area contributed by atoms with Crippen LogP contribution in [0.2, 0.25) is 0 Å². The van der Waals surface area contributed by atoms with Gasteiger partial charge >= 0.3 is 6.03 Å². The van der Waals surface area contributed by atoms with Gasteiger partial charge in [-0.15, -0.1) is 0 Å². The van der Waals surface area contributed by atoms with E-state index in [1.54, 1.807) is 6.20 Å². The average molecular weight is 607 g/mol. The molecule has 37 heavy (non-hydrogen) atoms. The van der Waals surface area contributed by atoms with Crippen LogP contribution >= 0.6 is 22.6 Å². The summed E-state index contributed by atoms with van der Waals surface area (Å²) in [7, 11) is 0. The molecule has 0 unspecified atom stereocenters. The Kier molecular flexibility index (Phi) is 7.96. The second-order valence-electron chi connectivity index (χ2n) is 8.28. The van der Waals surface area contributed by atoms with Gasteiger partial charge in [-0.25, -0.2) is 9.78 Å². The van der Waals surface area contributed by atoms with Crippen LogP contribution in [0.3, 0.4) is 0 Å². The molecule has 1 saturated heterocycles. The van der Waals surface area contributed by atoms with E-state index in [9.17, 15) is 4.79 Å². The fourth-order valence-corrected chi connectivity index (χ4v) is 4.25. The van der Waals surface area contributed by atoms with Crippen LogP contribution in [0.4, 0.5) is 45.0 Å². The summed E-state index contributed by atoms with van der Waals surface area (Å²) >= 11 is 2.19. The van der Waals surface area contributed by atoms with Crippen molar-refractivity contribution < 1.29 is 9.53 Å². The number of aromatic nitrogens is 2. The highest BCUT2D eigenvalue weighted by atomic mass is 127. The highest BCUT2D eigenvalue weighted by Gasteiger charge is 2.13. The first kappa shape index (κ1) is 24.8. The molecule has 2 amide bonds. The molecule has 0 radical (unpaired) electrons. The Balaban J connectivity index is 1.27. The number of para-hydroxylation sites is 3. The minimum atomic E-state index is -0.333. The minimum Gasteiger partial charge on any atom is -0.378 e. The first-order valence-electron chi connectivity index (χ1n) is 11.9. The van der Waals surface area contributed by atoms with Gasteiger partial charge in [-0.1, -0.05) is 30.3 Å². The predicted molar refractivity (Wildman–Crippen MR) is 156 cm³/mol. The van der Waals surface area contributed by atoms with Crippen molar-refractivity contribution >= 4 is 68.8 Å². The summed E-state index contributed by atoms with van der Waals surface area (Å²) in [6.07, 6.45) is 1.75. The number of morpholine rings is 1. The van der Waals surface area contributed by atoms with Gasteiger partial charge < -0.3 is 30.9 Å². The van der Waals surface area contributed by atoms with Crippen LogP contribution in [0.5, 0.6) is 0 Å². The Morgan fingerprint density at radius 2 is 1.51 bits per heavy atom. The molecule has 0 saturated carbocycles. The molecule has 0 aliphatic carbocycles. The third kappa shape index (κ3) is 6.66. The number of carbonyl (C=O) groups is 1. The number of nitrogens with one attached hydrogen (secondary N) is 4. The van der Waals surface area contributed by atoms with Gasteiger partial charge in [0.05, 0.1) is 28.2 Å². The number of hydrogen-bond donors (Lipinski definition) is 4. The highest BCUT2D eigenvalue weighted by Crippen LogP contribution is 2.28. The molecule has 4 N–H and O–H groups in total. The summed E-state index contributed by atoms with van der Waals surface area (Å²) in [6, 6.07) is 24.6. The minimum absolute atomic E-state index is 0.333. The fourth-order valence-electron chi connectivity index (χ4n) is 3.86. The number of amides is 2. The van der Waals surface area contributed by atoms with Crippen molar-refractivity contribution in [3.8, 4) is 0 Å². The van der Waals surface area contributed by atoms with Crippen molar-refractivity contribution in [3.05, 3.63) is 88.6 Å². The number of hydrogen-bond acceptors (Lipinski definition) is 7. The SMILES string of the molecule is O=C(Nc1ccccc1)Nc1ccccc1Nc1nc(Nc2ccc(N3CCOCC3)cc2)ncc1I. The maximum atomic E-state index is 12.5. The Bertz CT molecular complexity index is 1350. The van der Waals surface area contributed by atoms with E-state index in [1.165, 1.54) is 5.69 Å². The number of benzene rings is 3. The maximum absolute atomic E-state index is 12.5. The summed E-state index contributed by atoms with van der Waals surface area (Å²) in [5.41, 5.74) is 4.11. The zero-order valence-electron chi connectivity index (χ0n) is 19.9. The van der Waals surface area contributed by atoms with E-state index in [2.05, 4.69) is 70.9 Å². The lowest BCUT2D eigenvalue weighted by atomic mass is 10.2. The van der Waals surface area contributed by atoms with Gasteiger partial charge in [0.25, 0.3) is 0 Å². The molecule has 1 aliphatic rings. The van der Waals surface area contributed by atoms with Crippen LogP contribution in [0.25, 0.3) is 0 Å². The van der Waals surface area contributed by atoms with E-state index >= 15 is 0 Å². The number of carbonyl (C=O) groups excluding carboxylic acids is 1. The zero-order valence-corrected chi connectivity index (χ0v) is 22.1. The van der Waals surface area contributed by atoms with Crippen molar-refractivity contribution in [2.24, 2.45) is 0 Å². The number of nitrogens with zero attached hydrogens (tertiary/aromatic N) is 3. The standard InChI is InChI=1S/C27H26IN7O2/c28-22-18-29-26(30-20-10-12-21(13-11-20)35-14-16-37-17-15-35)34-25(22)32-23-8-4-5-9-24(23)33-27(36)31-19-6-2-1-3-7-19/h1-13,18H,14-17H2,(H2,31,33,36)(H2,29,30,32,34). The van der Waals surface area contributed by atoms with E-state index < -0.39 is 0 Å². The van der Waals surface area contributed by atoms with E-state index in [0.29, 0.717) is 28.8 Å². The second kappa shape index (κ2) is 11.9. The van der Waals surface area contributed by atoms with Gasteiger partial charge in [0.2, 0.25) is 5.95 Å². The molecule has 1 aliphatic heterocycles. The van der Waals surface area contributed by atoms with Gasteiger partial charge in [-0.05, 0) is 71.1 Å². The highest BCUT2D eigenvalue weighted by molar-refractivity contribution is 14.1. The molecule has 2 heterocycles. The molecule has 188 valence electrons. The normalized spacial score (nSPS) is 13.1. The van der Waals surface area contributed by atoms with Crippen LogP contribution in [0.1, 0.15) is 0 Å². The Hall–Kier alpha value is -3.90. The van der Waals surface area contributed by atoms with Crippen LogP contribution in [-0.2, 0) is 4.74 Å². The largest absolute Gasteiger partial charge is 0.378 e. The summed E-state index contributed by atoms with van der Waals surface area (Å²) in [5, 5.41) is 12.3. The first-order chi connectivity index (χ1) is 18.1. The smallest absolute Gasteiger partial charge is 0.323 e. The number of urea groups is 1. The van der Waals surface area contributed by atoms with Gasteiger partial charge in [0.1, 0.15) is 5.82 Å². The van der Waals surface area contributed by atoms with Crippen LogP contribution in [0.15, 0.2) is 85.1 Å². The molecule has 1 aromatic heterocycles. The molecule has 3 aromatic carbocycles. The fraction of sp³-hybridized carbons (Fsp3) is 0.148. The van der Waals surface area contributed by atoms with Gasteiger partial charge in [0, 0.05) is 36.3 Å². The lowest BCUT2D eigenvalue weighted by molar-refractivity contribution is 0.122. The van der Waals surface area contributed by atoms with Gasteiger partial charge in [0.15, 0.2) is 0 Å². The van der Waals surface area contributed by atoms with Crippen molar-refractivity contribution in [2.75, 3.05) is 52.5 Å². The number of anilines is 7. The molecule has 5 rings (SSSR count). The molecule has 0 spiro atoms. The zero-order chi connectivity index (χ0) is 25.5. The molecule has 9 nitrogen and oxygen atoms in total. The average Bonchev–Trinajstić information content (AvgIpc) is 2.93. The topological polar surface area (TPSA) is 103 Å². The van der Waals surface area contributed by atoms with Crippen LogP contribution in [0, 0.1) is 3.57 Å². The Labute approximate surface area is 228 Å². The van der Waals surface area contributed by atoms with Crippen LogP contribution in [-0.4, -0.2) is 42.3 Å². The van der Waals surface area contributed by atoms with Crippen LogP contribution < -0.4 is 26.2 Å². The van der Waals surface area contributed by atoms with E-state index in [1.807, 2.05) is 66.7 Å². The monoisotopic (exact) mass is 607 g/mol. The lowest BCUT2D eigenvalue weighted by Crippen LogP contribution is -2.36.